The van der Waals surface area contributed by atoms with Gasteiger partial charge in [-0.15, -0.1) is 11.3 Å². The lowest BCUT2D eigenvalue weighted by molar-refractivity contribution is 0.0992. The average Bonchev–Trinajstić information content (AvgIpc) is 3.45. The van der Waals surface area contributed by atoms with Gasteiger partial charge in [0.1, 0.15) is 21.8 Å². The zero-order chi connectivity index (χ0) is 21.4. The van der Waals surface area contributed by atoms with Gasteiger partial charge in [-0.05, 0) is 56.0 Å². The zero-order valence-electron chi connectivity index (χ0n) is 17.0. The van der Waals surface area contributed by atoms with E-state index in [4.69, 9.17) is 10.7 Å². The van der Waals surface area contributed by atoms with E-state index in [1.54, 1.807) is 23.1 Å². The number of rotatable bonds is 3. The van der Waals surface area contributed by atoms with Crippen LogP contribution in [0.4, 0.5) is 17.2 Å². The predicted octanol–water partition coefficient (Wildman–Crippen LogP) is 3.85. The first-order valence-electron chi connectivity index (χ1n) is 10.5. The van der Waals surface area contributed by atoms with Gasteiger partial charge in [-0.3, -0.25) is 4.79 Å². The van der Waals surface area contributed by atoms with Crippen molar-refractivity contribution in [3.8, 4) is 16.6 Å². The van der Waals surface area contributed by atoms with Gasteiger partial charge >= 0.3 is 0 Å². The maximum atomic E-state index is 13.4. The maximum absolute atomic E-state index is 13.4. The van der Waals surface area contributed by atoms with Gasteiger partial charge in [0.05, 0.1) is 11.3 Å². The van der Waals surface area contributed by atoms with Crippen LogP contribution in [0.2, 0.25) is 0 Å². The molecule has 156 valence electrons. The Morgan fingerprint density at radius 1 is 1.10 bits per heavy atom. The van der Waals surface area contributed by atoms with Crippen LogP contribution in [-0.4, -0.2) is 35.5 Å². The van der Waals surface area contributed by atoms with E-state index in [1.165, 1.54) is 24.2 Å². The van der Waals surface area contributed by atoms with Gasteiger partial charge in [0.15, 0.2) is 0 Å². The highest BCUT2D eigenvalue weighted by molar-refractivity contribution is 7.17. The second kappa shape index (κ2) is 8.00. The zero-order valence-corrected chi connectivity index (χ0v) is 17.9. The molecule has 1 amide bonds. The lowest BCUT2D eigenvalue weighted by Crippen LogP contribution is -2.30. The molecular formula is C23H22N6OS. The van der Waals surface area contributed by atoms with Gasteiger partial charge in [0, 0.05) is 42.8 Å². The molecule has 8 heteroatoms. The minimum absolute atomic E-state index is 0.0773. The number of amides is 1. The smallest absolute Gasteiger partial charge is 0.270 e. The van der Waals surface area contributed by atoms with E-state index in [2.05, 4.69) is 16.0 Å². The molecule has 2 aromatic heterocycles. The summed E-state index contributed by atoms with van der Waals surface area (Å²) in [6.07, 6.45) is 5.83. The van der Waals surface area contributed by atoms with Gasteiger partial charge in [-0.25, -0.2) is 9.97 Å². The SMILES string of the molecule is N#Cc1cc(N2CCCc3nc(-c4ccc(N5CCCC5)nc4)sc3C2=O)ccc1N. The number of carbonyl (C=O) groups excluding carboxylic acids is 1. The molecule has 0 atom stereocenters. The summed E-state index contributed by atoms with van der Waals surface area (Å²) in [7, 11) is 0. The van der Waals surface area contributed by atoms with Crippen LogP contribution in [0.1, 0.15) is 40.2 Å². The van der Waals surface area contributed by atoms with Crippen LogP contribution in [0.5, 0.6) is 0 Å². The van der Waals surface area contributed by atoms with Crippen molar-refractivity contribution in [1.29, 1.82) is 5.26 Å². The van der Waals surface area contributed by atoms with Gasteiger partial charge in [-0.2, -0.15) is 5.26 Å². The Bertz CT molecular complexity index is 1170. The minimum atomic E-state index is -0.0773. The number of benzene rings is 1. The van der Waals surface area contributed by atoms with Crippen molar-refractivity contribution in [3.63, 3.8) is 0 Å². The van der Waals surface area contributed by atoms with Crippen molar-refractivity contribution in [2.24, 2.45) is 0 Å². The molecule has 2 aliphatic heterocycles. The Hall–Kier alpha value is -3.44. The largest absolute Gasteiger partial charge is 0.398 e. The standard InChI is InChI=1S/C23H22N6OS/c24-13-16-12-17(6-7-18(16)25)29-11-3-4-19-21(23(29)30)31-22(27-19)15-5-8-20(26-14-15)28-9-1-2-10-28/h5-8,12,14H,1-4,9-11,25H2. The maximum Gasteiger partial charge on any atom is 0.270 e. The van der Waals surface area contributed by atoms with Crippen molar-refractivity contribution in [2.75, 3.05) is 35.2 Å². The summed E-state index contributed by atoms with van der Waals surface area (Å²) in [6, 6.07) is 11.3. The summed E-state index contributed by atoms with van der Waals surface area (Å²) in [4.78, 5) is 27.4. The molecular weight excluding hydrogens is 408 g/mol. The fourth-order valence-electron chi connectivity index (χ4n) is 4.14. The van der Waals surface area contributed by atoms with E-state index < -0.39 is 0 Å². The third-order valence-corrected chi connectivity index (χ3v) is 6.96. The lowest BCUT2D eigenvalue weighted by Gasteiger charge is -2.21. The number of aromatic nitrogens is 2. The summed E-state index contributed by atoms with van der Waals surface area (Å²) in [6.45, 7) is 2.69. The molecule has 31 heavy (non-hydrogen) atoms. The number of nitrogens with zero attached hydrogens (tertiary/aromatic N) is 5. The molecule has 0 saturated carbocycles. The first-order valence-corrected chi connectivity index (χ1v) is 11.3. The van der Waals surface area contributed by atoms with E-state index in [1.807, 2.05) is 18.3 Å². The van der Waals surface area contributed by atoms with Crippen LogP contribution >= 0.6 is 11.3 Å². The van der Waals surface area contributed by atoms with Crippen molar-refractivity contribution in [1.82, 2.24) is 9.97 Å². The molecule has 5 rings (SSSR count). The number of nitrogens with two attached hydrogens (primary N) is 1. The number of fused-ring (bicyclic) bond motifs is 1. The van der Waals surface area contributed by atoms with Crippen LogP contribution in [0.15, 0.2) is 36.5 Å². The molecule has 2 aliphatic rings. The predicted molar refractivity (Wildman–Crippen MR) is 122 cm³/mol. The van der Waals surface area contributed by atoms with Crippen molar-refractivity contribution in [3.05, 3.63) is 52.7 Å². The molecule has 0 radical (unpaired) electrons. The molecule has 0 unspecified atom stereocenters. The van der Waals surface area contributed by atoms with Gasteiger partial charge < -0.3 is 15.5 Å². The van der Waals surface area contributed by atoms with E-state index in [0.717, 1.165) is 48.0 Å². The Labute approximate surface area is 184 Å². The van der Waals surface area contributed by atoms with E-state index in [9.17, 15) is 10.1 Å². The Morgan fingerprint density at radius 2 is 1.94 bits per heavy atom. The van der Waals surface area contributed by atoms with E-state index in [-0.39, 0.29) is 5.91 Å². The quantitative estimate of drug-likeness (QED) is 0.634. The van der Waals surface area contributed by atoms with E-state index >= 15 is 0 Å². The first-order chi connectivity index (χ1) is 15.1. The summed E-state index contributed by atoms with van der Waals surface area (Å²) in [5.74, 6) is 0.921. The monoisotopic (exact) mass is 430 g/mol. The van der Waals surface area contributed by atoms with Crippen LogP contribution in [-0.2, 0) is 6.42 Å². The minimum Gasteiger partial charge on any atom is -0.398 e. The van der Waals surface area contributed by atoms with Crippen LogP contribution in [0.25, 0.3) is 10.6 Å². The highest BCUT2D eigenvalue weighted by Gasteiger charge is 2.28. The molecule has 7 nitrogen and oxygen atoms in total. The topological polar surface area (TPSA) is 99.1 Å². The van der Waals surface area contributed by atoms with Crippen LogP contribution in [0, 0.1) is 11.3 Å². The summed E-state index contributed by atoms with van der Waals surface area (Å²) >= 11 is 1.41. The molecule has 2 N–H and O–H groups in total. The number of hydrogen-bond donors (Lipinski definition) is 1. The van der Waals surface area contributed by atoms with Crippen molar-refractivity contribution in [2.45, 2.75) is 25.7 Å². The molecule has 0 aliphatic carbocycles. The van der Waals surface area contributed by atoms with E-state index in [0.29, 0.717) is 28.4 Å². The molecule has 0 bridgehead atoms. The fourth-order valence-corrected chi connectivity index (χ4v) is 5.19. The molecule has 1 saturated heterocycles. The Balaban J connectivity index is 1.44. The second-order valence-corrected chi connectivity index (χ2v) is 8.84. The van der Waals surface area contributed by atoms with Gasteiger partial charge in [0.2, 0.25) is 0 Å². The molecule has 4 heterocycles. The average molecular weight is 431 g/mol. The molecule has 1 fully saturated rings. The number of nitriles is 1. The van der Waals surface area contributed by atoms with Crippen molar-refractivity contribution < 1.29 is 4.79 Å². The number of hydrogen-bond acceptors (Lipinski definition) is 7. The Kier molecular flexibility index (Phi) is 5.04. The van der Waals surface area contributed by atoms with Crippen LogP contribution in [0.3, 0.4) is 0 Å². The summed E-state index contributed by atoms with van der Waals surface area (Å²) in [5.41, 5.74) is 9.10. The highest BCUT2D eigenvalue weighted by Crippen LogP contribution is 2.34. The summed E-state index contributed by atoms with van der Waals surface area (Å²) in [5, 5.41) is 10.1. The normalized spacial score (nSPS) is 16.2. The third kappa shape index (κ3) is 3.62. The number of nitrogen functional groups attached to an aromatic ring is 1. The lowest BCUT2D eigenvalue weighted by atomic mass is 10.1. The number of pyridine rings is 1. The molecule has 3 aromatic rings. The Morgan fingerprint density at radius 3 is 2.68 bits per heavy atom. The highest BCUT2D eigenvalue weighted by atomic mass is 32.1. The molecule has 1 aromatic carbocycles. The number of carbonyl (C=O) groups is 1. The number of thiazole rings is 1. The fraction of sp³-hybridized carbons (Fsp3) is 0.304. The van der Waals surface area contributed by atoms with Crippen LogP contribution < -0.4 is 15.5 Å². The number of anilines is 3. The van der Waals surface area contributed by atoms with Gasteiger partial charge in [-0.1, -0.05) is 0 Å². The first kappa shape index (κ1) is 19.5. The third-order valence-electron chi connectivity index (χ3n) is 5.83. The summed E-state index contributed by atoms with van der Waals surface area (Å²) < 4.78 is 0. The van der Waals surface area contributed by atoms with Crippen molar-refractivity contribution >= 4 is 34.4 Å². The van der Waals surface area contributed by atoms with Gasteiger partial charge in [0.25, 0.3) is 5.91 Å². The second-order valence-electron chi connectivity index (χ2n) is 7.84. The molecule has 0 spiro atoms. The number of aryl methyl sites for hydroxylation is 1.